The van der Waals surface area contributed by atoms with Crippen LogP contribution in [-0.4, -0.2) is 22.1 Å². The summed E-state index contributed by atoms with van der Waals surface area (Å²) in [6, 6.07) is 19.6. The number of ether oxygens (including phenoxy) is 1. The van der Waals surface area contributed by atoms with Crippen molar-refractivity contribution in [2.45, 2.75) is 6.10 Å². The maximum atomic E-state index is 13.1. The molecule has 0 aliphatic carbocycles. The molecule has 7 nitrogen and oxygen atoms in total. The minimum Gasteiger partial charge on any atom is -0.442 e. The molecule has 0 saturated carbocycles. The number of aromatic amines is 1. The summed E-state index contributed by atoms with van der Waals surface area (Å²) in [6.45, 7) is 0. The van der Waals surface area contributed by atoms with Crippen LogP contribution in [0.3, 0.4) is 0 Å². The average Bonchev–Trinajstić information content (AvgIpc) is 2.77. The van der Waals surface area contributed by atoms with Crippen LogP contribution in [0.5, 0.6) is 0 Å². The van der Waals surface area contributed by atoms with E-state index < -0.39 is 23.5 Å². The molecule has 1 amide bonds. The third-order valence-corrected chi connectivity index (χ3v) is 5.02. The Morgan fingerprint density at radius 1 is 0.906 bits per heavy atom. The van der Waals surface area contributed by atoms with Gasteiger partial charge in [0.25, 0.3) is 11.5 Å². The topological polar surface area (TPSA) is 101 Å². The van der Waals surface area contributed by atoms with E-state index in [0.717, 1.165) is 0 Å². The van der Waals surface area contributed by atoms with Crippen molar-refractivity contribution in [3.05, 3.63) is 104 Å². The Balaban J connectivity index is 1.67. The van der Waals surface area contributed by atoms with Gasteiger partial charge in [0, 0.05) is 26.7 Å². The Hall–Kier alpha value is -3.68. The molecule has 1 unspecified atom stereocenters. The predicted octanol–water partition coefficient (Wildman–Crippen LogP) is 4.77. The van der Waals surface area contributed by atoms with Gasteiger partial charge >= 0.3 is 5.97 Å². The number of carbonyl (C=O) groups is 2. The quantitative estimate of drug-likeness (QED) is 0.411. The normalized spacial score (nSPS) is 11.7. The second-order valence-corrected chi connectivity index (χ2v) is 7.66. The van der Waals surface area contributed by atoms with Gasteiger partial charge in [0.05, 0.1) is 5.39 Å². The minimum absolute atomic E-state index is 0.111. The number of benzene rings is 3. The zero-order valence-corrected chi connectivity index (χ0v) is 17.9. The first kappa shape index (κ1) is 21.5. The van der Waals surface area contributed by atoms with Gasteiger partial charge in [-0.3, -0.25) is 9.59 Å². The fourth-order valence-electron chi connectivity index (χ4n) is 3.17. The van der Waals surface area contributed by atoms with Crippen molar-refractivity contribution in [2.24, 2.45) is 0 Å². The van der Waals surface area contributed by atoms with E-state index in [-0.39, 0.29) is 11.1 Å². The Morgan fingerprint density at radius 2 is 1.53 bits per heavy atom. The molecule has 0 bridgehead atoms. The summed E-state index contributed by atoms with van der Waals surface area (Å²) in [5.74, 6) is -1.48. The van der Waals surface area contributed by atoms with Crippen molar-refractivity contribution in [3.63, 3.8) is 0 Å². The number of anilines is 1. The Morgan fingerprint density at radius 3 is 2.22 bits per heavy atom. The minimum atomic E-state index is -1.30. The molecule has 9 heteroatoms. The molecule has 32 heavy (non-hydrogen) atoms. The number of H-pyrrole nitrogens is 1. The van der Waals surface area contributed by atoms with E-state index in [1.54, 1.807) is 54.6 Å². The van der Waals surface area contributed by atoms with Crippen LogP contribution in [-0.2, 0) is 9.53 Å². The number of hydrogen-bond acceptors (Lipinski definition) is 5. The predicted molar refractivity (Wildman–Crippen MR) is 122 cm³/mol. The second-order valence-electron chi connectivity index (χ2n) is 6.79. The highest BCUT2D eigenvalue weighted by Gasteiger charge is 2.27. The van der Waals surface area contributed by atoms with Crippen molar-refractivity contribution < 1.29 is 14.3 Å². The Bertz CT molecular complexity index is 1350. The molecule has 2 N–H and O–H groups in total. The van der Waals surface area contributed by atoms with E-state index in [2.05, 4.69) is 15.5 Å². The average molecular weight is 468 g/mol. The molecule has 0 spiro atoms. The number of aromatic nitrogens is 2. The SMILES string of the molecule is O=C(OC(C(=O)Nc1cc(Cl)cc(Cl)c1)c1ccccc1)c1n[nH]c(=O)c2ccccc12. The second kappa shape index (κ2) is 9.21. The summed E-state index contributed by atoms with van der Waals surface area (Å²) in [5.41, 5.74) is 0.240. The molecular weight excluding hydrogens is 453 g/mol. The number of fused-ring (bicyclic) bond motifs is 1. The van der Waals surface area contributed by atoms with Gasteiger partial charge in [-0.25, -0.2) is 9.89 Å². The van der Waals surface area contributed by atoms with Crippen LogP contribution < -0.4 is 10.9 Å². The third kappa shape index (κ3) is 4.64. The van der Waals surface area contributed by atoms with Gasteiger partial charge in [-0.15, -0.1) is 0 Å². The fourth-order valence-corrected chi connectivity index (χ4v) is 3.69. The maximum absolute atomic E-state index is 13.1. The van der Waals surface area contributed by atoms with Crippen LogP contribution in [0, 0.1) is 0 Å². The first-order valence-electron chi connectivity index (χ1n) is 9.42. The van der Waals surface area contributed by atoms with E-state index in [1.165, 1.54) is 18.2 Å². The van der Waals surface area contributed by atoms with Gasteiger partial charge in [0.15, 0.2) is 5.69 Å². The lowest BCUT2D eigenvalue weighted by Crippen LogP contribution is -2.27. The lowest BCUT2D eigenvalue weighted by molar-refractivity contribution is -0.125. The standard InChI is InChI=1S/C23H15Cl2N3O4/c24-14-10-15(25)12-16(11-14)26-22(30)20(13-6-2-1-3-7-13)32-23(31)19-17-8-4-5-9-18(17)21(29)28-27-19/h1-12,20H,(H,26,30)(H,28,29). The molecule has 0 saturated heterocycles. The smallest absolute Gasteiger partial charge is 0.360 e. The lowest BCUT2D eigenvalue weighted by atomic mass is 10.1. The van der Waals surface area contributed by atoms with Crippen LogP contribution in [0.1, 0.15) is 22.2 Å². The summed E-state index contributed by atoms with van der Waals surface area (Å²) < 4.78 is 5.56. The molecule has 1 aromatic heterocycles. The Kier molecular flexibility index (Phi) is 6.20. The first-order valence-corrected chi connectivity index (χ1v) is 10.2. The molecule has 160 valence electrons. The molecule has 3 aromatic carbocycles. The molecule has 0 radical (unpaired) electrons. The van der Waals surface area contributed by atoms with Gasteiger partial charge in [-0.2, -0.15) is 5.10 Å². The number of hydrogen-bond donors (Lipinski definition) is 2. The van der Waals surface area contributed by atoms with Crippen molar-refractivity contribution in [1.82, 2.24) is 10.2 Å². The van der Waals surface area contributed by atoms with E-state index >= 15 is 0 Å². The molecule has 0 aliphatic heterocycles. The van der Waals surface area contributed by atoms with Crippen LogP contribution in [0.2, 0.25) is 10.0 Å². The van der Waals surface area contributed by atoms with Gasteiger partial charge in [0.1, 0.15) is 0 Å². The van der Waals surface area contributed by atoms with Gasteiger partial charge in [-0.1, -0.05) is 71.7 Å². The van der Waals surface area contributed by atoms with Crippen LogP contribution in [0.4, 0.5) is 5.69 Å². The summed E-state index contributed by atoms with van der Waals surface area (Å²) in [7, 11) is 0. The number of esters is 1. The summed E-state index contributed by atoms with van der Waals surface area (Å²) in [5, 5.41) is 10.1. The van der Waals surface area contributed by atoms with E-state index in [4.69, 9.17) is 27.9 Å². The summed E-state index contributed by atoms with van der Waals surface area (Å²) >= 11 is 12.0. The molecule has 0 aliphatic rings. The highest BCUT2D eigenvalue weighted by atomic mass is 35.5. The molecular formula is C23H15Cl2N3O4. The lowest BCUT2D eigenvalue weighted by Gasteiger charge is -2.18. The highest BCUT2D eigenvalue weighted by molar-refractivity contribution is 6.35. The summed E-state index contributed by atoms with van der Waals surface area (Å²) in [4.78, 5) is 38.1. The van der Waals surface area contributed by atoms with E-state index in [1.807, 2.05) is 0 Å². The number of halogens is 2. The fraction of sp³-hybridized carbons (Fsp3) is 0.0435. The third-order valence-electron chi connectivity index (χ3n) is 4.58. The van der Waals surface area contributed by atoms with Crippen LogP contribution in [0.25, 0.3) is 10.8 Å². The van der Waals surface area contributed by atoms with Crippen LogP contribution in [0.15, 0.2) is 77.6 Å². The molecule has 1 atom stereocenters. The number of amides is 1. The molecule has 4 rings (SSSR count). The van der Waals surface area contributed by atoms with Gasteiger partial charge in [-0.05, 0) is 24.3 Å². The molecule has 4 aromatic rings. The van der Waals surface area contributed by atoms with Crippen LogP contribution >= 0.6 is 23.2 Å². The maximum Gasteiger partial charge on any atom is 0.360 e. The van der Waals surface area contributed by atoms with Crippen molar-refractivity contribution in [1.29, 1.82) is 0 Å². The molecule has 0 fully saturated rings. The van der Waals surface area contributed by atoms with E-state index in [9.17, 15) is 14.4 Å². The molecule has 1 heterocycles. The number of nitrogens with zero attached hydrogens (tertiary/aromatic N) is 1. The largest absolute Gasteiger partial charge is 0.442 e. The van der Waals surface area contributed by atoms with Gasteiger partial charge < -0.3 is 10.1 Å². The van der Waals surface area contributed by atoms with Crippen molar-refractivity contribution in [2.75, 3.05) is 5.32 Å². The zero-order chi connectivity index (χ0) is 22.7. The Labute approximate surface area is 191 Å². The number of rotatable bonds is 5. The van der Waals surface area contributed by atoms with Gasteiger partial charge in [0.2, 0.25) is 6.10 Å². The summed E-state index contributed by atoms with van der Waals surface area (Å²) in [6.07, 6.45) is -1.30. The van der Waals surface area contributed by atoms with Crippen molar-refractivity contribution in [3.8, 4) is 0 Å². The monoisotopic (exact) mass is 467 g/mol. The van der Waals surface area contributed by atoms with Crippen molar-refractivity contribution >= 4 is 51.5 Å². The number of nitrogens with one attached hydrogen (secondary N) is 2. The van der Waals surface area contributed by atoms with E-state index in [0.29, 0.717) is 26.7 Å². The number of carbonyl (C=O) groups excluding carboxylic acids is 2. The first-order chi connectivity index (χ1) is 15.4. The zero-order valence-electron chi connectivity index (χ0n) is 16.3. The highest BCUT2D eigenvalue weighted by Crippen LogP contribution is 2.26.